The molecule has 0 bridgehead atoms. The van der Waals surface area contributed by atoms with Gasteiger partial charge in [-0.2, -0.15) is 0 Å². The van der Waals surface area contributed by atoms with Crippen LogP contribution in [0.25, 0.3) is 0 Å². The highest BCUT2D eigenvalue weighted by Gasteiger charge is 2.16. The smallest absolute Gasteiger partial charge is 0.237 e. The van der Waals surface area contributed by atoms with Crippen molar-refractivity contribution in [3.63, 3.8) is 0 Å². The van der Waals surface area contributed by atoms with Crippen molar-refractivity contribution in [2.24, 2.45) is 5.73 Å². The van der Waals surface area contributed by atoms with Crippen LogP contribution in [0.4, 0.5) is 0 Å². The molecule has 0 radical (unpaired) electrons. The lowest BCUT2D eigenvalue weighted by atomic mass is 10.0. The SMILES string of the molecule is C[C@@H](NC(=O)[C@@H](N)Cc1ccccc1)c1ccc(Cl)cc1. The zero-order chi connectivity index (χ0) is 15.2. The van der Waals surface area contributed by atoms with Crippen LogP contribution in [0.2, 0.25) is 5.02 Å². The number of carbonyl (C=O) groups is 1. The summed E-state index contributed by atoms with van der Waals surface area (Å²) in [5.41, 5.74) is 8.02. The van der Waals surface area contributed by atoms with Gasteiger partial charge in [-0.25, -0.2) is 0 Å². The number of nitrogens with two attached hydrogens (primary N) is 1. The quantitative estimate of drug-likeness (QED) is 0.892. The molecule has 21 heavy (non-hydrogen) atoms. The summed E-state index contributed by atoms with van der Waals surface area (Å²) < 4.78 is 0. The third kappa shape index (κ3) is 4.59. The predicted octanol–water partition coefficient (Wildman–Crippen LogP) is 3.09. The largest absolute Gasteiger partial charge is 0.348 e. The summed E-state index contributed by atoms with van der Waals surface area (Å²) in [6.45, 7) is 1.93. The van der Waals surface area contributed by atoms with Crippen LogP contribution in [0.1, 0.15) is 24.1 Å². The number of nitrogens with one attached hydrogen (secondary N) is 1. The summed E-state index contributed by atoms with van der Waals surface area (Å²) in [6.07, 6.45) is 0.528. The van der Waals surface area contributed by atoms with Crippen molar-refractivity contribution < 1.29 is 4.79 Å². The van der Waals surface area contributed by atoms with Gasteiger partial charge < -0.3 is 11.1 Å². The Balaban J connectivity index is 1.92. The fourth-order valence-corrected chi connectivity index (χ4v) is 2.24. The molecule has 4 heteroatoms. The first-order valence-corrected chi connectivity index (χ1v) is 7.29. The molecule has 0 aromatic heterocycles. The fraction of sp³-hybridized carbons (Fsp3) is 0.235. The number of halogens is 1. The van der Waals surface area contributed by atoms with Gasteiger partial charge in [-0.3, -0.25) is 4.79 Å². The molecule has 0 fully saturated rings. The van der Waals surface area contributed by atoms with Crippen molar-refractivity contribution in [2.45, 2.75) is 25.4 Å². The van der Waals surface area contributed by atoms with E-state index >= 15 is 0 Å². The summed E-state index contributed by atoms with van der Waals surface area (Å²) in [5, 5.41) is 3.61. The first-order chi connectivity index (χ1) is 10.1. The lowest BCUT2D eigenvalue weighted by molar-refractivity contribution is -0.123. The monoisotopic (exact) mass is 302 g/mol. The molecule has 0 spiro atoms. The van der Waals surface area contributed by atoms with Gasteiger partial charge in [-0.15, -0.1) is 0 Å². The number of amides is 1. The molecule has 110 valence electrons. The van der Waals surface area contributed by atoms with E-state index < -0.39 is 6.04 Å². The average Bonchev–Trinajstić information content (AvgIpc) is 2.48. The van der Waals surface area contributed by atoms with Crippen molar-refractivity contribution in [1.29, 1.82) is 0 Å². The molecule has 3 N–H and O–H groups in total. The van der Waals surface area contributed by atoms with Crippen molar-refractivity contribution in [3.05, 3.63) is 70.7 Å². The van der Waals surface area contributed by atoms with Crippen molar-refractivity contribution in [3.8, 4) is 0 Å². The Kier molecular flexibility index (Phi) is 5.37. The molecule has 0 saturated carbocycles. The van der Waals surface area contributed by atoms with Crippen molar-refractivity contribution in [2.75, 3.05) is 0 Å². The summed E-state index contributed by atoms with van der Waals surface area (Å²) in [6, 6.07) is 16.5. The second-order valence-corrected chi connectivity index (χ2v) is 5.51. The molecular formula is C17H19ClN2O. The summed E-state index contributed by atoms with van der Waals surface area (Å²) in [4.78, 5) is 12.1. The van der Waals surface area contributed by atoms with Gasteiger partial charge in [0.2, 0.25) is 5.91 Å². The van der Waals surface area contributed by atoms with Gasteiger partial charge >= 0.3 is 0 Å². The van der Waals surface area contributed by atoms with Crippen molar-refractivity contribution >= 4 is 17.5 Å². The van der Waals surface area contributed by atoms with Crippen LogP contribution >= 0.6 is 11.6 Å². The van der Waals surface area contributed by atoms with Gasteiger partial charge in [0.05, 0.1) is 12.1 Å². The van der Waals surface area contributed by atoms with Crippen LogP contribution in [0.15, 0.2) is 54.6 Å². The highest BCUT2D eigenvalue weighted by molar-refractivity contribution is 6.30. The molecular weight excluding hydrogens is 284 g/mol. The minimum absolute atomic E-state index is 0.100. The Morgan fingerprint density at radius 2 is 1.76 bits per heavy atom. The van der Waals surface area contributed by atoms with Gasteiger partial charge in [0.25, 0.3) is 0 Å². The molecule has 0 heterocycles. The summed E-state index contributed by atoms with van der Waals surface area (Å²) in [7, 11) is 0. The molecule has 2 rings (SSSR count). The van der Waals surface area contributed by atoms with E-state index in [9.17, 15) is 4.79 Å². The molecule has 0 saturated heterocycles. The molecule has 0 aliphatic heterocycles. The van der Waals surface area contributed by atoms with Crippen molar-refractivity contribution in [1.82, 2.24) is 5.32 Å². The van der Waals surface area contributed by atoms with Crippen LogP contribution in [-0.2, 0) is 11.2 Å². The lowest BCUT2D eigenvalue weighted by Crippen LogP contribution is -2.42. The van der Waals surface area contributed by atoms with E-state index in [0.29, 0.717) is 11.4 Å². The summed E-state index contributed by atoms with van der Waals surface area (Å²) in [5.74, 6) is -0.152. The third-order valence-electron chi connectivity index (χ3n) is 3.36. The number of benzene rings is 2. The molecule has 2 aromatic rings. The first-order valence-electron chi connectivity index (χ1n) is 6.91. The Hall–Kier alpha value is -1.84. The van der Waals surface area contributed by atoms with Crippen LogP contribution in [0.5, 0.6) is 0 Å². The maximum atomic E-state index is 12.1. The number of carbonyl (C=O) groups excluding carboxylic acids is 1. The lowest BCUT2D eigenvalue weighted by Gasteiger charge is -2.18. The van der Waals surface area contributed by atoms with Gasteiger partial charge in [-0.05, 0) is 36.6 Å². The third-order valence-corrected chi connectivity index (χ3v) is 3.62. The van der Waals surface area contributed by atoms with Crippen LogP contribution in [0.3, 0.4) is 0 Å². The highest BCUT2D eigenvalue weighted by Crippen LogP contribution is 2.16. The van der Waals surface area contributed by atoms with Gasteiger partial charge in [-0.1, -0.05) is 54.1 Å². The molecule has 0 aliphatic carbocycles. The zero-order valence-corrected chi connectivity index (χ0v) is 12.7. The number of rotatable bonds is 5. The first kappa shape index (κ1) is 15.5. The summed E-state index contributed by atoms with van der Waals surface area (Å²) >= 11 is 5.86. The maximum absolute atomic E-state index is 12.1. The Labute approximate surface area is 130 Å². The molecule has 2 atom stereocenters. The fourth-order valence-electron chi connectivity index (χ4n) is 2.12. The van der Waals surface area contributed by atoms with Crippen LogP contribution in [-0.4, -0.2) is 11.9 Å². The normalized spacial score (nSPS) is 13.5. The van der Waals surface area contributed by atoms with E-state index in [2.05, 4.69) is 5.32 Å². The standard InChI is InChI=1S/C17H19ClN2O/c1-12(14-7-9-15(18)10-8-14)20-17(21)16(19)11-13-5-3-2-4-6-13/h2-10,12,16H,11,19H2,1H3,(H,20,21)/t12-,16+/m1/s1. The number of hydrogen-bond acceptors (Lipinski definition) is 2. The van der Waals surface area contributed by atoms with Gasteiger partial charge in [0, 0.05) is 5.02 Å². The Bertz CT molecular complexity index is 583. The minimum Gasteiger partial charge on any atom is -0.348 e. The van der Waals surface area contributed by atoms with E-state index in [-0.39, 0.29) is 11.9 Å². The molecule has 0 aliphatic rings. The molecule has 0 unspecified atom stereocenters. The maximum Gasteiger partial charge on any atom is 0.237 e. The number of hydrogen-bond donors (Lipinski definition) is 2. The highest BCUT2D eigenvalue weighted by atomic mass is 35.5. The second kappa shape index (κ2) is 7.25. The van der Waals surface area contributed by atoms with Crippen LogP contribution < -0.4 is 11.1 Å². The van der Waals surface area contributed by atoms with E-state index in [4.69, 9.17) is 17.3 Å². The topological polar surface area (TPSA) is 55.1 Å². The van der Waals surface area contributed by atoms with E-state index in [1.54, 1.807) is 0 Å². The van der Waals surface area contributed by atoms with E-state index in [1.165, 1.54) is 0 Å². The van der Waals surface area contributed by atoms with E-state index in [1.807, 2.05) is 61.5 Å². The zero-order valence-electron chi connectivity index (χ0n) is 11.9. The van der Waals surface area contributed by atoms with E-state index in [0.717, 1.165) is 11.1 Å². The van der Waals surface area contributed by atoms with Gasteiger partial charge in [0.1, 0.15) is 0 Å². The average molecular weight is 303 g/mol. The Morgan fingerprint density at radius 1 is 1.14 bits per heavy atom. The second-order valence-electron chi connectivity index (χ2n) is 5.08. The molecule has 1 amide bonds. The van der Waals surface area contributed by atoms with Gasteiger partial charge in [0.15, 0.2) is 0 Å². The molecule has 3 nitrogen and oxygen atoms in total. The van der Waals surface area contributed by atoms with Crippen LogP contribution in [0, 0.1) is 0 Å². The molecule has 2 aromatic carbocycles. The Morgan fingerprint density at radius 3 is 2.38 bits per heavy atom. The predicted molar refractivity (Wildman–Crippen MR) is 86.1 cm³/mol. The minimum atomic E-state index is -0.554.